The number of carbonyl (C=O) groups excluding carboxylic acids is 1. The molecule has 21 heavy (non-hydrogen) atoms. The molecule has 2 aromatic rings. The molecule has 0 saturated heterocycles. The fourth-order valence-corrected chi connectivity index (χ4v) is 2.27. The Morgan fingerprint density at radius 3 is 2.52 bits per heavy atom. The zero-order valence-electron chi connectivity index (χ0n) is 11.4. The molecule has 2 rings (SSSR count). The van der Waals surface area contributed by atoms with E-state index in [1.54, 1.807) is 24.3 Å². The second-order valence-corrected chi connectivity index (χ2v) is 5.27. The number of nitrogens with zero attached hydrogens (tertiary/aromatic N) is 1. The highest BCUT2D eigenvalue weighted by atomic mass is 79.9. The number of carboxylic acid groups (broad SMARTS) is 1. The van der Waals surface area contributed by atoms with Gasteiger partial charge in [-0.25, -0.2) is 0 Å². The van der Waals surface area contributed by atoms with Crippen LogP contribution in [0.4, 0.5) is 5.69 Å². The molecular formula is C15H14BrNO4. The van der Waals surface area contributed by atoms with Crippen LogP contribution in [0.3, 0.4) is 0 Å². The summed E-state index contributed by atoms with van der Waals surface area (Å²) in [7, 11) is 0. The highest BCUT2D eigenvalue weighted by molar-refractivity contribution is 9.10. The molecule has 1 N–H and O–H groups in total. The number of furan rings is 1. The molecule has 0 atom stereocenters. The summed E-state index contributed by atoms with van der Waals surface area (Å²) in [5.41, 5.74) is 1.57. The van der Waals surface area contributed by atoms with Gasteiger partial charge in [0, 0.05) is 12.2 Å². The fourth-order valence-electron chi connectivity index (χ4n) is 1.97. The Morgan fingerprint density at radius 1 is 1.24 bits per heavy atom. The van der Waals surface area contributed by atoms with Gasteiger partial charge in [-0.3, -0.25) is 9.59 Å². The van der Waals surface area contributed by atoms with E-state index < -0.39 is 5.97 Å². The predicted octanol–water partition coefficient (Wildman–Crippen LogP) is 3.47. The molecule has 6 heteroatoms. The molecule has 0 unspecified atom stereocenters. The van der Waals surface area contributed by atoms with Crippen molar-refractivity contribution >= 4 is 33.5 Å². The number of anilines is 1. The number of carbonyl (C=O) groups is 2. The summed E-state index contributed by atoms with van der Waals surface area (Å²) >= 11 is 3.15. The van der Waals surface area contributed by atoms with Crippen LogP contribution in [0.15, 0.2) is 45.5 Å². The number of hydrogen-bond donors (Lipinski definition) is 1. The van der Waals surface area contributed by atoms with Crippen LogP contribution in [0.25, 0.3) is 0 Å². The first-order valence-corrected chi connectivity index (χ1v) is 7.13. The van der Waals surface area contributed by atoms with Gasteiger partial charge in [0.2, 0.25) is 0 Å². The van der Waals surface area contributed by atoms with Crippen LogP contribution in [-0.2, 0) is 4.79 Å². The van der Waals surface area contributed by atoms with Crippen molar-refractivity contribution in [2.24, 2.45) is 0 Å². The van der Waals surface area contributed by atoms with Crippen LogP contribution < -0.4 is 4.90 Å². The molecular weight excluding hydrogens is 338 g/mol. The molecule has 1 amide bonds. The Morgan fingerprint density at radius 2 is 1.95 bits per heavy atom. The standard InChI is InChI=1S/C15H14BrNO4/c1-10-4-2-3-5-11(10)17(9-8-14(18)19)15(20)12-6-7-13(16)21-12/h2-7H,8-9H2,1H3,(H,18,19). The molecule has 0 bridgehead atoms. The molecule has 1 heterocycles. The van der Waals surface area contributed by atoms with Crippen molar-refractivity contribution in [3.05, 3.63) is 52.4 Å². The number of amides is 1. The summed E-state index contributed by atoms with van der Waals surface area (Å²) in [5, 5.41) is 8.87. The molecule has 0 aliphatic heterocycles. The molecule has 0 spiro atoms. The van der Waals surface area contributed by atoms with E-state index in [4.69, 9.17) is 9.52 Å². The van der Waals surface area contributed by atoms with Crippen molar-refractivity contribution in [2.75, 3.05) is 11.4 Å². The maximum absolute atomic E-state index is 12.5. The van der Waals surface area contributed by atoms with Gasteiger partial charge in [-0.1, -0.05) is 18.2 Å². The molecule has 0 radical (unpaired) electrons. The molecule has 5 nitrogen and oxygen atoms in total. The number of rotatable bonds is 5. The van der Waals surface area contributed by atoms with Gasteiger partial charge in [0.15, 0.2) is 10.4 Å². The first-order valence-electron chi connectivity index (χ1n) is 6.33. The minimum Gasteiger partial charge on any atom is -0.481 e. The lowest BCUT2D eigenvalue weighted by Crippen LogP contribution is -2.33. The van der Waals surface area contributed by atoms with Gasteiger partial charge in [-0.2, -0.15) is 0 Å². The Labute approximate surface area is 130 Å². The third-order valence-corrected chi connectivity index (χ3v) is 3.41. The first kappa shape index (κ1) is 15.3. The van der Waals surface area contributed by atoms with Gasteiger partial charge in [-0.05, 0) is 46.6 Å². The number of benzene rings is 1. The molecule has 0 saturated carbocycles. The molecule has 1 aromatic heterocycles. The van der Waals surface area contributed by atoms with Crippen molar-refractivity contribution in [1.29, 1.82) is 0 Å². The molecule has 0 aliphatic carbocycles. The van der Waals surface area contributed by atoms with Crippen molar-refractivity contribution < 1.29 is 19.1 Å². The number of aryl methyl sites for hydroxylation is 1. The van der Waals surface area contributed by atoms with Gasteiger partial charge < -0.3 is 14.4 Å². The monoisotopic (exact) mass is 351 g/mol. The Hall–Kier alpha value is -2.08. The number of halogens is 1. The van der Waals surface area contributed by atoms with Crippen LogP contribution in [0.1, 0.15) is 22.5 Å². The van der Waals surface area contributed by atoms with Crippen LogP contribution >= 0.6 is 15.9 Å². The molecule has 110 valence electrons. The van der Waals surface area contributed by atoms with E-state index in [1.807, 2.05) is 19.1 Å². The minimum absolute atomic E-state index is 0.0807. The zero-order chi connectivity index (χ0) is 15.4. The van der Waals surface area contributed by atoms with Crippen molar-refractivity contribution in [3.63, 3.8) is 0 Å². The minimum atomic E-state index is -0.956. The van der Waals surface area contributed by atoms with Crippen LogP contribution in [0.2, 0.25) is 0 Å². The lowest BCUT2D eigenvalue weighted by molar-refractivity contribution is -0.136. The number of hydrogen-bond acceptors (Lipinski definition) is 3. The fraction of sp³-hybridized carbons (Fsp3) is 0.200. The predicted molar refractivity (Wildman–Crippen MR) is 81.5 cm³/mol. The largest absolute Gasteiger partial charge is 0.481 e. The molecule has 1 aromatic carbocycles. The summed E-state index contributed by atoms with van der Waals surface area (Å²) < 4.78 is 5.73. The normalized spacial score (nSPS) is 10.4. The van der Waals surface area contributed by atoms with E-state index in [1.165, 1.54) is 4.90 Å². The quantitative estimate of drug-likeness (QED) is 0.895. The second-order valence-electron chi connectivity index (χ2n) is 4.49. The Kier molecular flexibility index (Phi) is 4.80. The van der Waals surface area contributed by atoms with E-state index in [9.17, 15) is 9.59 Å². The van der Waals surface area contributed by atoms with Gasteiger partial charge in [-0.15, -0.1) is 0 Å². The third-order valence-electron chi connectivity index (χ3n) is 2.98. The summed E-state index contributed by atoms with van der Waals surface area (Å²) in [6.45, 7) is 1.95. The molecule has 0 fully saturated rings. The van der Waals surface area contributed by atoms with Crippen molar-refractivity contribution in [2.45, 2.75) is 13.3 Å². The summed E-state index contributed by atoms with van der Waals surface area (Å²) in [4.78, 5) is 24.8. The topological polar surface area (TPSA) is 70.8 Å². The maximum atomic E-state index is 12.5. The average Bonchev–Trinajstić information content (AvgIpc) is 2.87. The molecule has 0 aliphatic rings. The van der Waals surface area contributed by atoms with Gasteiger partial charge >= 0.3 is 5.97 Å². The second kappa shape index (κ2) is 6.58. The van der Waals surface area contributed by atoms with Gasteiger partial charge in [0.1, 0.15) is 0 Å². The smallest absolute Gasteiger partial charge is 0.305 e. The number of carboxylic acids is 1. The maximum Gasteiger partial charge on any atom is 0.305 e. The summed E-state index contributed by atoms with van der Waals surface area (Å²) in [5.74, 6) is -1.16. The van der Waals surface area contributed by atoms with Crippen molar-refractivity contribution in [3.8, 4) is 0 Å². The third kappa shape index (κ3) is 3.72. The number of aliphatic carboxylic acids is 1. The Bertz CT molecular complexity index is 665. The van der Waals surface area contributed by atoms with Crippen LogP contribution in [0, 0.1) is 6.92 Å². The van der Waals surface area contributed by atoms with E-state index in [0.717, 1.165) is 5.56 Å². The highest BCUT2D eigenvalue weighted by Crippen LogP contribution is 2.23. The number of para-hydroxylation sites is 1. The average molecular weight is 352 g/mol. The Balaban J connectivity index is 2.34. The van der Waals surface area contributed by atoms with Crippen LogP contribution in [0.5, 0.6) is 0 Å². The van der Waals surface area contributed by atoms with E-state index >= 15 is 0 Å². The SMILES string of the molecule is Cc1ccccc1N(CCC(=O)O)C(=O)c1ccc(Br)o1. The first-order chi connectivity index (χ1) is 9.99. The lowest BCUT2D eigenvalue weighted by Gasteiger charge is -2.22. The van der Waals surface area contributed by atoms with E-state index in [2.05, 4.69) is 15.9 Å². The summed E-state index contributed by atoms with van der Waals surface area (Å²) in [6, 6.07) is 10.5. The van der Waals surface area contributed by atoms with Crippen LogP contribution in [-0.4, -0.2) is 23.5 Å². The summed E-state index contributed by atoms with van der Waals surface area (Å²) in [6.07, 6.45) is -0.137. The van der Waals surface area contributed by atoms with Crippen molar-refractivity contribution in [1.82, 2.24) is 0 Å². The lowest BCUT2D eigenvalue weighted by atomic mass is 10.1. The zero-order valence-corrected chi connectivity index (χ0v) is 13.0. The van der Waals surface area contributed by atoms with Gasteiger partial charge in [0.25, 0.3) is 5.91 Å². The highest BCUT2D eigenvalue weighted by Gasteiger charge is 2.22. The van der Waals surface area contributed by atoms with E-state index in [0.29, 0.717) is 10.4 Å². The van der Waals surface area contributed by atoms with Gasteiger partial charge in [0.05, 0.1) is 6.42 Å². The van der Waals surface area contributed by atoms with E-state index in [-0.39, 0.29) is 24.6 Å².